The molecule has 0 spiro atoms. The molecule has 0 radical (unpaired) electrons. The van der Waals surface area contributed by atoms with Gasteiger partial charge in [-0.15, -0.1) is 0 Å². The number of nitrogens with zero attached hydrogens (tertiary/aromatic N) is 5. The van der Waals surface area contributed by atoms with Crippen LogP contribution < -0.4 is 11.2 Å². The predicted octanol–water partition coefficient (Wildman–Crippen LogP) is 0.581. The Morgan fingerprint density at radius 1 is 1.21 bits per heavy atom. The van der Waals surface area contributed by atoms with E-state index in [0.29, 0.717) is 12.3 Å². The number of esters is 1. The number of hydrogen-bond acceptors (Lipinski definition) is 6. The molecule has 10 heteroatoms. The number of carbonyl (C=O) groups is 1. The lowest BCUT2D eigenvalue weighted by atomic mass is 10.3. The van der Waals surface area contributed by atoms with Gasteiger partial charge in [0.1, 0.15) is 12.3 Å². The Kier molecular flexibility index (Phi) is 3.98. The second-order valence-corrected chi connectivity index (χ2v) is 6.56. The molecule has 0 atom stereocenters. The highest BCUT2D eigenvalue weighted by Crippen LogP contribution is 2.21. The standard InChI is InChI=1S/C18H19N5O5/c1-10-11(2)23-14-15(19-17(23)21(10)8-12-6-5-7-28-12)20(3)18(26)22(16(14)25)9-13(24)27-4/h5-7H,8-9H2,1-4H3. The summed E-state index contributed by atoms with van der Waals surface area (Å²) in [5, 5.41) is 0. The van der Waals surface area contributed by atoms with E-state index in [2.05, 4.69) is 9.72 Å². The van der Waals surface area contributed by atoms with Crippen LogP contribution in [0.3, 0.4) is 0 Å². The van der Waals surface area contributed by atoms with E-state index in [9.17, 15) is 14.4 Å². The summed E-state index contributed by atoms with van der Waals surface area (Å²) in [6.45, 7) is 3.77. The van der Waals surface area contributed by atoms with Crippen LogP contribution in [0.15, 0.2) is 32.4 Å². The number of aryl methyl sites for hydroxylation is 2. The molecule has 0 saturated carbocycles. The van der Waals surface area contributed by atoms with Crippen LogP contribution >= 0.6 is 0 Å². The average Bonchev–Trinajstić information content (AvgIpc) is 3.38. The van der Waals surface area contributed by atoms with E-state index in [1.54, 1.807) is 16.7 Å². The monoisotopic (exact) mass is 385 g/mol. The molecular weight excluding hydrogens is 366 g/mol. The third-order valence-electron chi connectivity index (χ3n) is 5.04. The van der Waals surface area contributed by atoms with Gasteiger partial charge in [-0.25, -0.2) is 9.36 Å². The largest absolute Gasteiger partial charge is 0.468 e. The molecule has 0 aromatic carbocycles. The van der Waals surface area contributed by atoms with Gasteiger partial charge in [-0.1, -0.05) is 0 Å². The first-order valence-corrected chi connectivity index (χ1v) is 8.62. The van der Waals surface area contributed by atoms with Gasteiger partial charge in [-0.2, -0.15) is 4.98 Å². The van der Waals surface area contributed by atoms with Gasteiger partial charge in [0, 0.05) is 18.4 Å². The molecule has 0 fully saturated rings. The number of ether oxygens (including phenoxy) is 1. The molecule has 0 aliphatic rings. The minimum absolute atomic E-state index is 0.236. The molecule has 10 nitrogen and oxygen atoms in total. The van der Waals surface area contributed by atoms with Crippen molar-refractivity contribution >= 4 is 22.9 Å². The SMILES string of the molecule is COC(=O)Cn1c(=O)c2c(nc3n(Cc4ccco4)c(C)c(C)n23)n(C)c1=O. The summed E-state index contributed by atoms with van der Waals surface area (Å²) in [7, 11) is 2.72. The summed E-state index contributed by atoms with van der Waals surface area (Å²) in [5.41, 5.74) is 0.991. The molecule has 4 rings (SSSR count). The summed E-state index contributed by atoms with van der Waals surface area (Å²) >= 11 is 0. The number of furan rings is 1. The van der Waals surface area contributed by atoms with E-state index in [-0.39, 0.29) is 11.2 Å². The number of hydrogen-bond donors (Lipinski definition) is 0. The van der Waals surface area contributed by atoms with Crippen molar-refractivity contribution in [3.05, 3.63) is 56.4 Å². The highest BCUT2D eigenvalue weighted by atomic mass is 16.5. The fourth-order valence-corrected chi connectivity index (χ4v) is 3.40. The molecule has 0 aliphatic carbocycles. The summed E-state index contributed by atoms with van der Waals surface area (Å²) in [6, 6.07) is 3.66. The van der Waals surface area contributed by atoms with E-state index in [0.717, 1.165) is 21.7 Å². The molecule has 0 unspecified atom stereocenters. The molecule has 28 heavy (non-hydrogen) atoms. The Labute approximate surface area is 158 Å². The summed E-state index contributed by atoms with van der Waals surface area (Å²) < 4.78 is 15.8. The molecule has 0 bridgehead atoms. The third kappa shape index (κ3) is 2.41. The first-order chi connectivity index (χ1) is 13.3. The quantitative estimate of drug-likeness (QED) is 0.476. The lowest BCUT2D eigenvalue weighted by Gasteiger charge is -2.07. The molecule has 0 aliphatic heterocycles. The van der Waals surface area contributed by atoms with Crippen LogP contribution in [0.2, 0.25) is 0 Å². The van der Waals surface area contributed by atoms with Crippen LogP contribution in [0.5, 0.6) is 0 Å². The van der Waals surface area contributed by atoms with E-state index in [1.165, 1.54) is 18.7 Å². The topological polar surface area (TPSA) is 106 Å². The fourth-order valence-electron chi connectivity index (χ4n) is 3.40. The first-order valence-electron chi connectivity index (χ1n) is 8.62. The molecule has 0 amide bonds. The summed E-state index contributed by atoms with van der Waals surface area (Å²) in [5.74, 6) is 0.580. The summed E-state index contributed by atoms with van der Waals surface area (Å²) in [6.07, 6.45) is 1.59. The van der Waals surface area contributed by atoms with Crippen LogP contribution in [0.25, 0.3) is 16.9 Å². The first kappa shape index (κ1) is 17.8. The number of rotatable bonds is 4. The molecule has 0 N–H and O–H groups in total. The zero-order valence-corrected chi connectivity index (χ0v) is 15.9. The number of methoxy groups -OCH3 is 1. The Morgan fingerprint density at radius 3 is 2.61 bits per heavy atom. The highest BCUT2D eigenvalue weighted by Gasteiger charge is 2.23. The number of fused-ring (bicyclic) bond motifs is 3. The van der Waals surface area contributed by atoms with Crippen LogP contribution in [-0.2, 0) is 29.7 Å². The second kappa shape index (κ2) is 6.25. The molecule has 0 saturated heterocycles. The zero-order chi connectivity index (χ0) is 20.2. The lowest BCUT2D eigenvalue weighted by molar-refractivity contribution is -0.141. The van der Waals surface area contributed by atoms with Crippen LogP contribution in [-0.4, -0.2) is 36.2 Å². The van der Waals surface area contributed by atoms with Gasteiger partial charge < -0.3 is 13.7 Å². The maximum atomic E-state index is 13.1. The van der Waals surface area contributed by atoms with Gasteiger partial charge in [-0.05, 0) is 26.0 Å². The summed E-state index contributed by atoms with van der Waals surface area (Å²) in [4.78, 5) is 41.9. The second-order valence-electron chi connectivity index (χ2n) is 6.56. The van der Waals surface area contributed by atoms with Gasteiger partial charge in [0.25, 0.3) is 5.56 Å². The van der Waals surface area contributed by atoms with E-state index < -0.39 is 23.8 Å². The van der Waals surface area contributed by atoms with Gasteiger partial charge in [0.05, 0.1) is 19.9 Å². The van der Waals surface area contributed by atoms with Crippen molar-refractivity contribution < 1.29 is 13.9 Å². The van der Waals surface area contributed by atoms with Crippen molar-refractivity contribution in [1.29, 1.82) is 0 Å². The lowest BCUT2D eigenvalue weighted by Crippen LogP contribution is -2.41. The molecule has 4 heterocycles. The van der Waals surface area contributed by atoms with Gasteiger partial charge in [-0.3, -0.25) is 18.6 Å². The van der Waals surface area contributed by atoms with Gasteiger partial charge in [0.2, 0.25) is 5.78 Å². The van der Waals surface area contributed by atoms with Gasteiger partial charge >= 0.3 is 11.7 Å². The minimum Gasteiger partial charge on any atom is -0.468 e. The molecule has 4 aromatic heterocycles. The Hall–Kier alpha value is -3.56. The predicted molar refractivity (Wildman–Crippen MR) is 99.5 cm³/mol. The van der Waals surface area contributed by atoms with E-state index >= 15 is 0 Å². The number of carbonyl (C=O) groups excluding carboxylic acids is 1. The van der Waals surface area contributed by atoms with Crippen molar-refractivity contribution in [2.75, 3.05) is 7.11 Å². The van der Waals surface area contributed by atoms with Crippen molar-refractivity contribution in [3.63, 3.8) is 0 Å². The zero-order valence-electron chi connectivity index (χ0n) is 15.9. The molecular formula is C18H19N5O5. The number of imidazole rings is 2. The Bertz CT molecular complexity index is 1330. The third-order valence-corrected chi connectivity index (χ3v) is 5.04. The van der Waals surface area contributed by atoms with Crippen LogP contribution in [0.4, 0.5) is 0 Å². The highest BCUT2D eigenvalue weighted by molar-refractivity contribution is 5.77. The van der Waals surface area contributed by atoms with E-state index in [1.807, 2.05) is 24.5 Å². The van der Waals surface area contributed by atoms with Crippen LogP contribution in [0, 0.1) is 13.8 Å². The maximum absolute atomic E-state index is 13.1. The van der Waals surface area contributed by atoms with Crippen molar-refractivity contribution in [2.45, 2.75) is 26.9 Å². The Morgan fingerprint density at radius 2 is 1.96 bits per heavy atom. The van der Waals surface area contributed by atoms with Crippen molar-refractivity contribution in [1.82, 2.24) is 23.1 Å². The van der Waals surface area contributed by atoms with Crippen molar-refractivity contribution in [3.8, 4) is 0 Å². The number of aromatic nitrogens is 5. The maximum Gasteiger partial charge on any atom is 0.333 e. The minimum atomic E-state index is -0.678. The Balaban J connectivity index is 2.06. The van der Waals surface area contributed by atoms with E-state index in [4.69, 9.17) is 4.42 Å². The molecule has 4 aromatic rings. The normalized spacial score (nSPS) is 11.6. The average molecular weight is 385 g/mol. The smallest absolute Gasteiger partial charge is 0.333 e. The van der Waals surface area contributed by atoms with Crippen LogP contribution in [0.1, 0.15) is 17.1 Å². The van der Waals surface area contributed by atoms with Crippen molar-refractivity contribution in [2.24, 2.45) is 7.05 Å². The fraction of sp³-hybridized carbons (Fsp3) is 0.333. The van der Waals surface area contributed by atoms with Gasteiger partial charge in [0.15, 0.2) is 11.2 Å². The molecule has 146 valence electrons.